The average Bonchev–Trinajstić information content (AvgIpc) is 2.41. The molecule has 0 spiro atoms. The van der Waals surface area contributed by atoms with Crippen molar-refractivity contribution in [1.82, 2.24) is 5.32 Å². The summed E-state index contributed by atoms with van der Waals surface area (Å²) >= 11 is 0. The molecule has 3 nitrogen and oxygen atoms in total. The van der Waals surface area contributed by atoms with Gasteiger partial charge in [0.25, 0.3) is 0 Å². The van der Waals surface area contributed by atoms with Gasteiger partial charge in [-0.15, -0.1) is 0 Å². The number of para-hydroxylation sites is 1. The van der Waals surface area contributed by atoms with Gasteiger partial charge >= 0.3 is 0 Å². The molecule has 2 rings (SSSR count). The number of hydrogen-bond acceptors (Lipinski definition) is 3. The van der Waals surface area contributed by atoms with Crippen LogP contribution in [0.1, 0.15) is 16.7 Å². The van der Waals surface area contributed by atoms with Gasteiger partial charge in [-0.05, 0) is 19.1 Å². The Morgan fingerprint density at radius 2 is 1.79 bits per heavy atom. The summed E-state index contributed by atoms with van der Waals surface area (Å²) in [4.78, 5) is 0. The second-order valence-corrected chi connectivity index (χ2v) is 4.55. The fourth-order valence-corrected chi connectivity index (χ4v) is 2.04. The van der Waals surface area contributed by atoms with Crippen molar-refractivity contribution >= 4 is 0 Å². The summed E-state index contributed by atoms with van der Waals surface area (Å²) in [5.41, 5.74) is 3.23. The summed E-state index contributed by atoms with van der Waals surface area (Å²) in [6, 6.07) is 13.5. The normalized spacial score (nSPS) is 10.4. The van der Waals surface area contributed by atoms with Crippen molar-refractivity contribution in [2.45, 2.75) is 20.0 Å². The molecule has 2 N–H and O–H groups in total. The highest BCUT2D eigenvalue weighted by molar-refractivity contribution is 5.37. The molecule has 0 amide bonds. The first-order valence-electron chi connectivity index (χ1n) is 6.32. The molecule has 2 aromatic carbocycles. The molecule has 0 radical (unpaired) electrons. The van der Waals surface area contributed by atoms with Gasteiger partial charge in [-0.3, -0.25) is 0 Å². The van der Waals surface area contributed by atoms with E-state index in [2.05, 4.69) is 18.3 Å². The molecule has 0 aliphatic rings. The molecule has 2 aromatic rings. The summed E-state index contributed by atoms with van der Waals surface area (Å²) in [6.45, 7) is 3.40. The van der Waals surface area contributed by atoms with E-state index in [-0.39, 0.29) is 0 Å². The zero-order valence-electron chi connectivity index (χ0n) is 11.3. The van der Waals surface area contributed by atoms with Crippen LogP contribution in [0.2, 0.25) is 0 Å². The van der Waals surface area contributed by atoms with Crippen molar-refractivity contribution in [2.24, 2.45) is 0 Å². The van der Waals surface area contributed by atoms with Crippen molar-refractivity contribution in [3.63, 3.8) is 0 Å². The Hall–Kier alpha value is -2.00. The quantitative estimate of drug-likeness (QED) is 0.865. The van der Waals surface area contributed by atoms with E-state index in [9.17, 15) is 5.11 Å². The van der Waals surface area contributed by atoms with Crippen LogP contribution in [-0.4, -0.2) is 12.2 Å². The Kier molecular flexibility index (Phi) is 4.42. The van der Waals surface area contributed by atoms with Gasteiger partial charge in [0.1, 0.15) is 11.5 Å². The van der Waals surface area contributed by atoms with Gasteiger partial charge < -0.3 is 15.2 Å². The lowest BCUT2D eigenvalue weighted by Gasteiger charge is -2.11. The number of ether oxygens (including phenoxy) is 1. The number of rotatable bonds is 5. The number of nitrogens with one attached hydrogen (secondary N) is 1. The topological polar surface area (TPSA) is 41.5 Å². The number of hydrogen-bond donors (Lipinski definition) is 2. The van der Waals surface area contributed by atoms with E-state index in [0.717, 1.165) is 16.9 Å². The van der Waals surface area contributed by atoms with Crippen molar-refractivity contribution in [3.05, 3.63) is 59.2 Å². The minimum Gasteiger partial charge on any atom is -0.508 e. The van der Waals surface area contributed by atoms with Crippen molar-refractivity contribution in [3.8, 4) is 11.5 Å². The SMILES string of the molecule is COc1ccc(C)cc1CNCc1ccccc1O. The average molecular weight is 257 g/mol. The molecule has 0 unspecified atom stereocenters. The smallest absolute Gasteiger partial charge is 0.123 e. The number of aromatic hydroxyl groups is 1. The molecule has 0 heterocycles. The fourth-order valence-electron chi connectivity index (χ4n) is 2.04. The zero-order valence-corrected chi connectivity index (χ0v) is 11.3. The standard InChI is InChI=1S/C16H19NO2/c1-12-7-8-16(19-2)14(9-12)11-17-10-13-5-3-4-6-15(13)18/h3-9,17-18H,10-11H2,1-2H3. The molecule has 0 aromatic heterocycles. The Bertz CT molecular complexity index is 552. The molecular formula is C16H19NO2. The van der Waals surface area contributed by atoms with Crippen LogP contribution < -0.4 is 10.1 Å². The Labute approximate surface area is 113 Å². The van der Waals surface area contributed by atoms with Crippen LogP contribution in [0.5, 0.6) is 11.5 Å². The van der Waals surface area contributed by atoms with Gasteiger partial charge in [0, 0.05) is 24.2 Å². The van der Waals surface area contributed by atoms with Crippen LogP contribution in [0.15, 0.2) is 42.5 Å². The number of methoxy groups -OCH3 is 1. The molecule has 0 atom stereocenters. The third-order valence-electron chi connectivity index (χ3n) is 3.06. The van der Waals surface area contributed by atoms with Gasteiger partial charge in [-0.1, -0.05) is 35.9 Å². The van der Waals surface area contributed by atoms with Gasteiger partial charge in [0.15, 0.2) is 0 Å². The van der Waals surface area contributed by atoms with E-state index in [1.54, 1.807) is 13.2 Å². The Morgan fingerprint density at radius 1 is 1.05 bits per heavy atom. The highest BCUT2D eigenvalue weighted by atomic mass is 16.5. The van der Waals surface area contributed by atoms with Crippen LogP contribution in [0.3, 0.4) is 0 Å². The lowest BCUT2D eigenvalue weighted by molar-refractivity contribution is 0.407. The molecule has 0 bridgehead atoms. The van der Waals surface area contributed by atoms with E-state index < -0.39 is 0 Å². The molecular weight excluding hydrogens is 238 g/mol. The highest BCUT2D eigenvalue weighted by Gasteiger charge is 2.04. The number of phenols is 1. The maximum atomic E-state index is 9.69. The third kappa shape index (κ3) is 3.48. The molecule has 0 aliphatic heterocycles. The van der Waals surface area contributed by atoms with Crippen molar-refractivity contribution < 1.29 is 9.84 Å². The number of benzene rings is 2. The molecule has 0 saturated heterocycles. The first-order valence-corrected chi connectivity index (χ1v) is 6.32. The largest absolute Gasteiger partial charge is 0.508 e. The van der Waals surface area contributed by atoms with Gasteiger partial charge in [0.05, 0.1) is 7.11 Å². The van der Waals surface area contributed by atoms with Crippen molar-refractivity contribution in [1.29, 1.82) is 0 Å². The van der Waals surface area contributed by atoms with Crippen molar-refractivity contribution in [2.75, 3.05) is 7.11 Å². The Balaban J connectivity index is 2.00. The van der Waals surface area contributed by atoms with E-state index in [4.69, 9.17) is 4.74 Å². The first-order chi connectivity index (χ1) is 9.20. The summed E-state index contributed by atoms with van der Waals surface area (Å²) in [6.07, 6.45) is 0. The minimum absolute atomic E-state index is 0.325. The second kappa shape index (κ2) is 6.25. The molecule has 3 heteroatoms. The predicted molar refractivity (Wildman–Crippen MR) is 76.4 cm³/mol. The third-order valence-corrected chi connectivity index (χ3v) is 3.06. The molecule has 0 fully saturated rings. The summed E-state index contributed by atoms with van der Waals surface area (Å²) < 4.78 is 5.34. The van der Waals surface area contributed by atoms with Crippen LogP contribution in [0, 0.1) is 6.92 Å². The van der Waals surface area contributed by atoms with Crippen LogP contribution in [0.4, 0.5) is 0 Å². The zero-order chi connectivity index (χ0) is 13.7. The highest BCUT2D eigenvalue weighted by Crippen LogP contribution is 2.20. The monoisotopic (exact) mass is 257 g/mol. The molecule has 0 aliphatic carbocycles. The number of phenolic OH excluding ortho intramolecular Hbond substituents is 1. The first kappa shape index (κ1) is 13.4. The van der Waals surface area contributed by atoms with Crippen LogP contribution in [-0.2, 0) is 13.1 Å². The fraction of sp³-hybridized carbons (Fsp3) is 0.250. The van der Waals surface area contributed by atoms with Gasteiger partial charge in [0.2, 0.25) is 0 Å². The minimum atomic E-state index is 0.325. The lowest BCUT2D eigenvalue weighted by atomic mass is 10.1. The van der Waals surface area contributed by atoms with E-state index in [1.807, 2.05) is 30.3 Å². The second-order valence-electron chi connectivity index (χ2n) is 4.55. The summed E-state index contributed by atoms with van der Waals surface area (Å²) in [5.74, 6) is 1.21. The van der Waals surface area contributed by atoms with Gasteiger partial charge in [-0.2, -0.15) is 0 Å². The summed E-state index contributed by atoms with van der Waals surface area (Å²) in [5, 5.41) is 13.0. The molecule has 100 valence electrons. The lowest BCUT2D eigenvalue weighted by Crippen LogP contribution is -2.13. The number of aryl methyl sites for hydroxylation is 1. The summed E-state index contributed by atoms with van der Waals surface area (Å²) in [7, 11) is 1.68. The maximum Gasteiger partial charge on any atom is 0.123 e. The molecule has 19 heavy (non-hydrogen) atoms. The molecule has 0 saturated carbocycles. The predicted octanol–water partition coefficient (Wildman–Crippen LogP) is 3.00. The van der Waals surface area contributed by atoms with Crippen LogP contribution in [0.25, 0.3) is 0 Å². The maximum absolute atomic E-state index is 9.69. The van der Waals surface area contributed by atoms with Gasteiger partial charge in [-0.25, -0.2) is 0 Å². The van der Waals surface area contributed by atoms with Crippen LogP contribution >= 0.6 is 0 Å². The Morgan fingerprint density at radius 3 is 2.53 bits per heavy atom. The van der Waals surface area contributed by atoms with E-state index >= 15 is 0 Å². The van der Waals surface area contributed by atoms with E-state index in [0.29, 0.717) is 18.8 Å². The van der Waals surface area contributed by atoms with E-state index in [1.165, 1.54) is 5.56 Å².